The highest BCUT2D eigenvalue weighted by molar-refractivity contribution is 5.24. The third-order valence-electron chi connectivity index (χ3n) is 3.44. The van der Waals surface area contributed by atoms with Gasteiger partial charge in [0.2, 0.25) is 0 Å². The van der Waals surface area contributed by atoms with Crippen LogP contribution in [-0.4, -0.2) is 18.8 Å². The Kier molecular flexibility index (Phi) is 4.16. The van der Waals surface area contributed by atoms with E-state index < -0.39 is 11.7 Å². The Balaban J connectivity index is 1.93. The topological polar surface area (TPSA) is 21.3 Å². The van der Waals surface area contributed by atoms with Crippen molar-refractivity contribution in [2.75, 3.05) is 13.2 Å². The third kappa shape index (κ3) is 3.94. The van der Waals surface area contributed by atoms with Crippen LogP contribution in [-0.2, 0) is 17.5 Å². The van der Waals surface area contributed by atoms with E-state index in [0.29, 0.717) is 13.2 Å². The Bertz CT molecular complexity index is 408. The molecular formula is C14H18F3NO. The van der Waals surface area contributed by atoms with Gasteiger partial charge in [0.25, 0.3) is 0 Å². The lowest BCUT2D eigenvalue weighted by Crippen LogP contribution is -2.48. The molecule has 5 heteroatoms. The van der Waals surface area contributed by atoms with Crippen LogP contribution < -0.4 is 5.32 Å². The van der Waals surface area contributed by atoms with Crippen molar-refractivity contribution >= 4 is 0 Å². The summed E-state index contributed by atoms with van der Waals surface area (Å²) in [6.45, 7) is 4.07. The van der Waals surface area contributed by atoms with Crippen molar-refractivity contribution in [3.63, 3.8) is 0 Å². The summed E-state index contributed by atoms with van der Waals surface area (Å²) in [5.74, 6) is 0. The van der Waals surface area contributed by atoms with Crippen molar-refractivity contribution in [1.82, 2.24) is 5.32 Å². The summed E-state index contributed by atoms with van der Waals surface area (Å²) in [6, 6.07) is 5.28. The fourth-order valence-corrected chi connectivity index (χ4v) is 2.20. The number of alkyl halides is 3. The lowest BCUT2D eigenvalue weighted by molar-refractivity contribution is -0.137. The predicted molar refractivity (Wildman–Crippen MR) is 66.7 cm³/mol. The van der Waals surface area contributed by atoms with Crippen LogP contribution in [0.5, 0.6) is 0 Å². The molecule has 1 fully saturated rings. The fraction of sp³-hybridized carbons (Fsp3) is 0.571. The van der Waals surface area contributed by atoms with Gasteiger partial charge in [0, 0.05) is 18.7 Å². The van der Waals surface area contributed by atoms with Crippen molar-refractivity contribution < 1.29 is 17.9 Å². The average Bonchev–Trinajstić information content (AvgIpc) is 2.37. The predicted octanol–water partition coefficient (Wildman–Crippen LogP) is 3.36. The lowest BCUT2D eigenvalue weighted by atomic mass is 9.94. The zero-order valence-corrected chi connectivity index (χ0v) is 10.9. The molecule has 2 rings (SSSR count). The van der Waals surface area contributed by atoms with Gasteiger partial charge in [-0.2, -0.15) is 13.2 Å². The zero-order valence-electron chi connectivity index (χ0n) is 10.9. The van der Waals surface area contributed by atoms with Gasteiger partial charge >= 0.3 is 6.18 Å². The second kappa shape index (κ2) is 5.51. The quantitative estimate of drug-likeness (QED) is 0.911. The van der Waals surface area contributed by atoms with Gasteiger partial charge in [0.15, 0.2) is 0 Å². The number of benzene rings is 1. The monoisotopic (exact) mass is 273 g/mol. The van der Waals surface area contributed by atoms with Crippen LogP contribution in [0.25, 0.3) is 0 Å². The van der Waals surface area contributed by atoms with Crippen LogP contribution in [0.15, 0.2) is 24.3 Å². The maximum absolute atomic E-state index is 12.4. The molecule has 0 bridgehead atoms. The fourth-order valence-electron chi connectivity index (χ4n) is 2.20. The van der Waals surface area contributed by atoms with Gasteiger partial charge in [-0.05, 0) is 37.5 Å². The molecule has 0 spiro atoms. The number of hydrogen-bond donors (Lipinski definition) is 1. The van der Waals surface area contributed by atoms with Gasteiger partial charge in [-0.1, -0.05) is 12.1 Å². The van der Waals surface area contributed by atoms with E-state index in [4.69, 9.17) is 4.74 Å². The van der Waals surface area contributed by atoms with Gasteiger partial charge in [0.1, 0.15) is 0 Å². The van der Waals surface area contributed by atoms with E-state index >= 15 is 0 Å². The van der Waals surface area contributed by atoms with Crippen LogP contribution in [0.4, 0.5) is 13.2 Å². The third-order valence-corrected chi connectivity index (χ3v) is 3.44. The molecule has 0 radical (unpaired) electrons. The molecule has 1 N–H and O–H groups in total. The molecule has 1 aromatic rings. The number of halogens is 3. The summed E-state index contributed by atoms with van der Waals surface area (Å²) in [6.07, 6.45) is -2.24. The second-order valence-electron chi connectivity index (χ2n) is 5.27. The van der Waals surface area contributed by atoms with Gasteiger partial charge < -0.3 is 10.1 Å². The Morgan fingerprint density at radius 2 is 1.95 bits per heavy atom. The number of hydrogen-bond acceptors (Lipinski definition) is 2. The van der Waals surface area contributed by atoms with Gasteiger partial charge in [0.05, 0.1) is 12.2 Å². The SMILES string of the molecule is CC1(NCc2ccc(C(F)(F)F)cc2)CCCOC1. The Labute approximate surface area is 111 Å². The Morgan fingerprint density at radius 1 is 1.26 bits per heavy atom. The van der Waals surface area contributed by atoms with Crippen molar-refractivity contribution in [1.29, 1.82) is 0 Å². The van der Waals surface area contributed by atoms with E-state index in [2.05, 4.69) is 12.2 Å². The first-order valence-corrected chi connectivity index (χ1v) is 6.38. The Hall–Kier alpha value is -1.07. The van der Waals surface area contributed by atoms with Crippen molar-refractivity contribution in [2.24, 2.45) is 0 Å². The standard InChI is InChI=1S/C14H18F3NO/c1-13(7-2-8-19-10-13)18-9-11-3-5-12(6-4-11)14(15,16)17/h3-6,18H,2,7-10H2,1H3. The first-order valence-electron chi connectivity index (χ1n) is 6.38. The molecule has 2 nitrogen and oxygen atoms in total. The summed E-state index contributed by atoms with van der Waals surface area (Å²) >= 11 is 0. The molecule has 1 aliphatic heterocycles. The normalized spacial score (nSPS) is 24.4. The molecular weight excluding hydrogens is 255 g/mol. The van der Waals surface area contributed by atoms with Crippen molar-refractivity contribution in [3.8, 4) is 0 Å². The minimum absolute atomic E-state index is 0.0824. The van der Waals surface area contributed by atoms with Gasteiger partial charge in [-0.3, -0.25) is 0 Å². The molecule has 1 unspecified atom stereocenters. The van der Waals surface area contributed by atoms with Crippen LogP contribution >= 0.6 is 0 Å². The molecule has 106 valence electrons. The number of ether oxygens (including phenoxy) is 1. The Morgan fingerprint density at radius 3 is 2.47 bits per heavy atom. The zero-order chi connectivity index (χ0) is 13.9. The largest absolute Gasteiger partial charge is 0.416 e. The summed E-state index contributed by atoms with van der Waals surface area (Å²) in [4.78, 5) is 0. The average molecular weight is 273 g/mol. The summed E-state index contributed by atoms with van der Waals surface area (Å²) in [5.41, 5.74) is 0.157. The minimum Gasteiger partial charge on any atom is -0.380 e. The van der Waals surface area contributed by atoms with Crippen LogP contribution in [0.1, 0.15) is 30.9 Å². The van der Waals surface area contributed by atoms with Gasteiger partial charge in [-0.15, -0.1) is 0 Å². The molecule has 0 amide bonds. The molecule has 0 aliphatic carbocycles. The van der Waals surface area contributed by atoms with Gasteiger partial charge in [-0.25, -0.2) is 0 Å². The maximum atomic E-state index is 12.4. The minimum atomic E-state index is -4.27. The molecule has 1 aliphatic rings. The van der Waals surface area contributed by atoms with E-state index in [1.54, 1.807) is 0 Å². The van der Waals surface area contributed by atoms with E-state index in [1.165, 1.54) is 12.1 Å². The summed E-state index contributed by atoms with van der Waals surface area (Å²) in [7, 11) is 0. The highest BCUT2D eigenvalue weighted by Crippen LogP contribution is 2.29. The van der Waals surface area contributed by atoms with Crippen LogP contribution in [0.2, 0.25) is 0 Å². The second-order valence-corrected chi connectivity index (χ2v) is 5.27. The van der Waals surface area contributed by atoms with Crippen LogP contribution in [0, 0.1) is 0 Å². The molecule has 1 heterocycles. The highest BCUT2D eigenvalue weighted by Gasteiger charge is 2.30. The molecule has 0 aromatic heterocycles. The first kappa shape index (κ1) is 14.3. The summed E-state index contributed by atoms with van der Waals surface area (Å²) in [5, 5.41) is 3.37. The van der Waals surface area contributed by atoms with E-state index in [1.807, 2.05) is 0 Å². The number of rotatable bonds is 3. The van der Waals surface area contributed by atoms with Crippen molar-refractivity contribution in [2.45, 2.75) is 38.0 Å². The molecule has 1 atom stereocenters. The van der Waals surface area contributed by atoms with E-state index in [0.717, 1.165) is 37.1 Å². The van der Waals surface area contributed by atoms with Crippen molar-refractivity contribution in [3.05, 3.63) is 35.4 Å². The smallest absolute Gasteiger partial charge is 0.380 e. The maximum Gasteiger partial charge on any atom is 0.416 e. The highest BCUT2D eigenvalue weighted by atomic mass is 19.4. The van der Waals surface area contributed by atoms with E-state index in [-0.39, 0.29) is 5.54 Å². The molecule has 0 saturated carbocycles. The first-order chi connectivity index (χ1) is 8.89. The van der Waals surface area contributed by atoms with E-state index in [9.17, 15) is 13.2 Å². The van der Waals surface area contributed by atoms with Crippen LogP contribution in [0.3, 0.4) is 0 Å². The lowest BCUT2D eigenvalue weighted by Gasteiger charge is -2.34. The molecule has 19 heavy (non-hydrogen) atoms. The number of nitrogens with one attached hydrogen (secondary N) is 1. The molecule has 1 aromatic carbocycles. The summed E-state index contributed by atoms with van der Waals surface area (Å²) < 4.78 is 42.7. The molecule has 1 saturated heterocycles.